The van der Waals surface area contributed by atoms with Gasteiger partial charge in [-0.3, -0.25) is 9.36 Å². The van der Waals surface area contributed by atoms with E-state index in [4.69, 9.17) is 13.9 Å². The first-order valence-electron chi connectivity index (χ1n) is 10.1. The summed E-state index contributed by atoms with van der Waals surface area (Å²) in [5, 5.41) is 0. The molecule has 7 nitrogen and oxygen atoms in total. The summed E-state index contributed by atoms with van der Waals surface area (Å²) < 4.78 is 18.2. The van der Waals surface area contributed by atoms with Crippen molar-refractivity contribution < 1.29 is 18.7 Å². The number of hydrogen-bond donors (Lipinski definition) is 0. The number of aromatic nitrogens is 1. The number of rotatable bonds is 7. The van der Waals surface area contributed by atoms with Crippen LogP contribution in [-0.4, -0.2) is 23.8 Å². The number of nitrogens with zero attached hydrogens (tertiary/aromatic N) is 2. The van der Waals surface area contributed by atoms with Crippen molar-refractivity contribution >= 4 is 23.4 Å². The molecule has 0 bridgehead atoms. The summed E-state index contributed by atoms with van der Waals surface area (Å²) in [6, 6.07) is 10.1. The molecule has 2 aromatic heterocycles. The Morgan fingerprint density at radius 3 is 2.75 bits per heavy atom. The second-order valence-electron chi connectivity index (χ2n) is 6.99. The Morgan fingerprint density at radius 2 is 2.09 bits per heavy atom. The van der Waals surface area contributed by atoms with E-state index >= 15 is 0 Å². The van der Waals surface area contributed by atoms with Crippen LogP contribution < -0.4 is 19.6 Å². The maximum absolute atomic E-state index is 13.4. The fourth-order valence-electron chi connectivity index (χ4n) is 3.51. The van der Waals surface area contributed by atoms with Crippen LogP contribution in [0.4, 0.5) is 0 Å². The van der Waals surface area contributed by atoms with Crippen molar-refractivity contribution in [2.24, 2.45) is 4.99 Å². The van der Waals surface area contributed by atoms with E-state index in [1.807, 2.05) is 12.1 Å². The molecule has 1 aliphatic rings. The number of benzene rings is 1. The molecule has 3 heterocycles. The monoisotopic (exact) mass is 450 g/mol. The predicted octanol–water partition coefficient (Wildman–Crippen LogP) is 2.96. The fourth-order valence-corrected chi connectivity index (χ4v) is 4.54. The van der Waals surface area contributed by atoms with Gasteiger partial charge in [-0.25, -0.2) is 9.79 Å². The number of furan rings is 1. The lowest BCUT2D eigenvalue weighted by Crippen LogP contribution is -2.39. The molecule has 0 radical (unpaired) electrons. The van der Waals surface area contributed by atoms with Crippen LogP contribution in [-0.2, 0) is 9.53 Å². The Bertz CT molecular complexity index is 1340. The Morgan fingerprint density at radius 1 is 1.31 bits per heavy atom. The standard InChI is InChI=1S/C24H22N2O5S/c1-4-12-30-17-10-8-16(9-11-17)21-20(23(28)29-5-2)15(3)25-24-26(21)22(27)19(32-24)14-18-7-6-13-31-18/h4,6-11,13-14,21H,1,5,12H2,2-3H3/b19-14-/t21-/m0/s1. The molecular formula is C24H22N2O5S. The lowest BCUT2D eigenvalue weighted by atomic mass is 9.96. The van der Waals surface area contributed by atoms with Gasteiger partial charge in [0.15, 0.2) is 4.80 Å². The number of carbonyl (C=O) groups excluding carboxylic acids is 1. The molecule has 3 aromatic rings. The Hall–Kier alpha value is -3.65. The quantitative estimate of drug-likeness (QED) is 0.408. The van der Waals surface area contributed by atoms with Crippen molar-refractivity contribution in [3.8, 4) is 5.75 Å². The lowest BCUT2D eigenvalue weighted by molar-refractivity contribution is -0.139. The third-order valence-corrected chi connectivity index (χ3v) is 5.88. The van der Waals surface area contributed by atoms with Gasteiger partial charge in [0.1, 0.15) is 18.1 Å². The first-order valence-corrected chi connectivity index (χ1v) is 10.9. The van der Waals surface area contributed by atoms with Crippen LogP contribution in [0, 0.1) is 0 Å². The molecule has 164 valence electrons. The van der Waals surface area contributed by atoms with E-state index in [0.29, 0.717) is 38.7 Å². The van der Waals surface area contributed by atoms with Crippen molar-refractivity contribution in [3.63, 3.8) is 0 Å². The van der Waals surface area contributed by atoms with E-state index < -0.39 is 12.0 Å². The van der Waals surface area contributed by atoms with Gasteiger partial charge in [-0.2, -0.15) is 0 Å². The van der Waals surface area contributed by atoms with Gasteiger partial charge >= 0.3 is 5.97 Å². The highest BCUT2D eigenvalue weighted by Crippen LogP contribution is 2.31. The summed E-state index contributed by atoms with van der Waals surface area (Å²) >= 11 is 1.25. The van der Waals surface area contributed by atoms with Crippen LogP contribution in [0.25, 0.3) is 6.08 Å². The van der Waals surface area contributed by atoms with Crippen molar-refractivity contribution in [3.05, 3.63) is 97.6 Å². The number of thiazole rings is 1. The Balaban J connectivity index is 1.88. The predicted molar refractivity (Wildman–Crippen MR) is 121 cm³/mol. The zero-order chi connectivity index (χ0) is 22.7. The topological polar surface area (TPSA) is 83.0 Å². The summed E-state index contributed by atoms with van der Waals surface area (Å²) in [5.41, 5.74) is 1.35. The number of ether oxygens (including phenoxy) is 2. The summed E-state index contributed by atoms with van der Waals surface area (Å²) in [7, 11) is 0. The largest absolute Gasteiger partial charge is 0.490 e. The van der Waals surface area contributed by atoms with Crippen molar-refractivity contribution in [2.75, 3.05) is 13.2 Å². The SMILES string of the molecule is C=CCOc1ccc([C@H]2C(C(=O)OCC)=C(C)N=c3s/c(=C\c4ccco4)c(=O)n32)cc1. The molecule has 1 aliphatic heterocycles. The number of carbonyl (C=O) groups is 1. The van der Waals surface area contributed by atoms with Gasteiger partial charge in [-0.1, -0.05) is 36.1 Å². The van der Waals surface area contributed by atoms with E-state index in [-0.39, 0.29) is 12.2 Å². The Labute approximate surface area is 188 Å². The highest BCUT2D eigenvalue weighted by molar-refractivity contribution is 7.07. The van der Waals surface area contributed by atoms with Gasteiger partial charge in [0.2, 0.25) is 0 Å². The molecule has 0 N–H and O–H groups in total. The zero-order valence-corrected chi connectivity index (χ0v) is 18.6. The maximum Gasteiger partial charge on any atom is 0.338 e. The summed E-state index contributed by atoms with van der Waals surface area (Å²) in [4.78, 5) is 31.3. The normalized spacial score (nSPS) is 15.8. The molecule has 0 amide bonds. The average Bonchev–Trinajstić information content (AvgIpc) is 3.40. The van der Waals surface area contributed by atoms with Gasteiger partial charge in [0.05, 0.1) is 34.7 Å². The van der Waals surface area contributed by atoms with Crippen LogP contribution in [0.2, 0.25) is 0 Å². The molecule has 32 heavy (non-hydrogen) atoms. The van der Waals surface area contributed by atoms with Crippen LogP contribution in [0.5, 0.6) is 5.75 Å². The number of esters is 1. The molecule has 0 saturated heterocycles. The molecule has 0 aliphatic carbocycles. The summed E-state index contributed by atoms with van der Waals surface area (Å²) in [6.07, 6.45) is 4.89. The molecule has 4 rings (SSSR count). The highest BCUT2D eigenvalue weighted by Gasteiger charge is 2.33. The van der Waals surface area contributed by atoms with Gasteiger partial charge in [-0.05, 0) is 43.7 Å². The van der Waals surface area contributed by atoms with Crippen molar-refractivity contribution in [1.29, 1.82) is 0 Å². The first kappa shape index (κ1) is 21.6. The zero-order valence-electron chi connectivity index (χ0n) is 17.7. The van der Waals surface area contributed by atoms with E-state index in [1.165, 1.54) is 15.9 Å². The smallest absolute Gasteiger partial charge is 0.338 e. The second-order valence-corrected chi connectivity index (χ2v) is 8.00. The fraction of sp³-hybridized carbons (Fsp3) is 0.208. The highest BCUT2D eigenvalue weighted by atomic mass is 32.1. The molecule has 0 spiro atoms. The molecular weight excluding hydrogens is 428 g/mol. The van der Waals surface area contributed by atoms with Gasteiger partial charge in [0.25, 0.3) is 5.56 Å². The molecule has 1 atom stereocenters. The van der Waals surface area contributed by atoms with Crippen molar-refractivity contribution in [1.82, 2.24) is 4.57 Å². The Kier molecular flexibility index (Phi) is 6.23. The molecule has 0 saturated carbocycles. The summed E-state index contributed by atoms with van der Waals surface area (Å²) in [6.45, 7) is 7.75. The van der Waals surface area contributed by atoms with E-state index in [2.05, 4.69) is 11.6 Å². The maximum atomic E-state index is 13.4. The molecule has 8 heteroatoms. The molecule has 0 unspecified atom stereocenters. The molecule has 1 aromatic carbocycles. The minimum absolute atomic E-state index is 0.222. The van der Waals surface area contributed by atoms with Gasteiger partial charge in [-0.15, -0.1) is 0 Å². The van der Waals surface area contributed by atoms with Crippen molar-refractivity contribution in [2.45, 2.75) is 19.9 Å². The van der Waals surface area contributed by atoms with E-state index in [9.17, 15) is 9.59 Å². The van der Waals surface area contributed by atoms with Crippen LogP contribution >= 0.6 is 11.3 Å². The minimum atomic E-state index is -0.669. The van der Waals surface area contributed by atoms with Crippen LogP contribution in [0.3, 0.4) is 0 Å². The third-order valence-electron chi connectivity index (χ3n) is 4.90. The van der Waals surface area contributed by atoms with Crippen LogP contribution in [0.15, 0.2) is 80.8 Å². The second kappa shape index (κ2) is 9.23. The average molecular weight is 451 g/mol. The van der Waals surface area contributed by atoms with E-state index in [1.54, 1.807) is 56.5 Å². The van der Waals surface area contributed by atoms with Gasteiger partial charge < -0.3 is 13.9 Å². The van der Waals surface area contributed by atoms with E-state index in [0.717, 1.165) is 5.56 Å². The molecule has 0 fully saturated rings. The van der Waals surface area contributed by atoms with Gasteiger partial charge in [0, 0.05) is 6.08 Å². The first-order chi connectivity index (χ1) is 15.5. The number of hydrogen-bond acceptors (Lipinski definition) is 7. The number of allylic oxidation sites excluding steroid dienone is 1. The minimum Gasteiger partial charge on any atom is -0.490 e. The number of fused-ring (bicyclic) bond motifs is 1. The lowest BCUT2D eigenvalue weighted by Gasteiger charge is -2.24. The third kappa shape index (κ3) is 4.09. The van der Waals surface area contributed by atoms with Crippen LogP contribution in [0.1, 0.15) is 31.2 Å². The summed E-state index contributed by atoms with van der Waals surface area (Å²) in [5.74, 6) is 0.736.